The molecule has 0 fully saturated rings. The first-order valence-corrected chi connectivity index (χ1v) is 8.31. The fraction of sp³-hybridized carbons (Fsp3) is 0.462. The Morgan fingerprint density at radius 3 is 2.61 bits per heavy atom. The highest BCUT2D eigenvalue weighted by molar-refractivity contribution is 9.10. The highest BCUT2D eigenvalue weighted by Gasteiger charge is 2.26. The van der Waals surface area contributed by atoms with Crippen LogP contribution in [0.5, 0.6) is 0 Å². The van der Waals surface area contributed by atoms with Gasteiger partial charge in [0.15, 0.2) is 0 Å². The normalized spacial score (nSPS) is 13.4. The fourth-order valence-electron chi connectivity index (χ4n) is 2.23. The molecule has 2 amide bonds. The minimum Gasteiger partial charge on any atom is -0.391 e. The quantitative estimate of drug-likeness (QED) is 0.404. The lowest BCUT2D eigenvalue weighted by atomic mass is 10.1. The Morgan fingerprint density at radius 1 is 1.61 bits per heavy atom. The van der Waals surface area contributed by atoms with E-state index in [1.165, 1.54) is 15.7 Å². The van der Waals surface area contributed by atoms with E-state index in [2.05, 4.69) is 37.9 Å². The first kappa shape index (κ1) is 19.4. The van der Waals surface area contributed by atoms with Crippen molar-refractivity contribution in [3.8, 4) is 0 Å². The van der Waals surface area contributed by atoms with Crippen molar-refractivity contribution in [3.05, 3.63) is 22.8 Å². The number of nitrogen functional groups attached to an aromatic ring is 1. The van der Waals surface area contributed by atoms with Crippen LogP contribution in [0.15, 0.2) is 17.3 Å². The van der Waals surface area contributed by atoms with E-state index in [-0.39, 0.29) is 28.1 Å². The zero-order valence-electron chi connectivity index (χ0n) is 12.7. The number of carbonyl (C=O) groups is 2. The van der Waals surface area contributed by atoms with Crippen LogP contribution in [0, 0.1) is 0 Å². The van der Waals surface area contributed by atoms with Crippen LogP contribution < -0.4 is 11.5 Å². The maximum Gasteiger partial charge on any atom is 0.255 e. The van der Waals surface area contributed by atoms with Gasteiger partial charge in [0.1, 0.15) is 16.0 Å². The van der Waals surface area contributed by atoms with Gasteiger partial charge in [-0.3, -0.25) is 9.59 Å². The van der Waals surface area contributed by atoms with Crippen molar-refractivity contribution in [1.29, 1.82) is 0 Å². The Bertz CT molecular complexity index is 605. The number of hydrogen-bond acceptors (Lipinski definition) is 5. The van der Waals surface area contributed by atoms with E-state index >= 15 is 0 Å². The van der Waals surface area contributed by atoms with E-state index < -0.39 is 18.1 Å². The summed E-state index contributed by atoms with van der Waals surface area (Å²) in [6.07, 6.45) is 1.02. The molecule has 8 nitrogen and oxygen atoms in total. The van der Waals surface area contributed by atoms with Gasteiger partial charge in [0.05, 0.1) is 22.4 Å². The van der Waals surface area contributed by atoms with Crippen LogP contribution >= 0.6 is 15.9 Å². The molecule has 1 heterocycles. The Morgan fingerprint density at radius 2 is 2.22 bits per heavy atom. The van der Waals surface area contributed by atoms with E-state index in [4.69, 9.17) is 11.5 Å². The molecular formula is C13H19BrN5O3Si. The number of aliphatic hydroxyl groups is 1. The molecule has 2 atom stereocenters. The average Bonchev–Trinajstić information content (AvgIpc) is 2.76. The molecule has 0 spiro atoms. The second-order valence-corrected chi connectivity index (χ2v) is 5.97. The van der Waals surface area contributed by atoms with Crippen molar-refractivity contribution in [2.75, 3.05) is 11.9 Å². The predicted molar refractivity (Wildman–Crippen MR) is 90.6 cm³/mol. The number of anilines is 1. The van der Waals surface area contributed by atoms with Crippen molar-refractivity contribution >= 4 is 43.8 Å². The maximum atomic E-state index is 11.9. The lowest BCUT2D eigenvalue weighted by Gasteiger charge is -2.32. The molecule has 10 heteroatoms. The van der Waals surface area contributed by atoms with Gasteiger partial charge in [-0.15, -0.1) is 0 Å². The van der Waals surface area contributed by atoms with E-state index in [1.54, 1.807) is 6.92 Å². The lowest BCUT2D eigenvalue weighted by Crippen LogP contribution is -2.46. The number of aromatic nitrogens is 2. The second-order valence-electron chi connectivity index (χ2n) is 4.91. The van der Waals surface area contributed by atoms with Crippen molar-refractivity contribution in [2.45, 2.75) is 32.0 Å². The van der Waals surface area contributed by atoms with Gasteiger partial charge in [-0.25, -0.2) is 4.68 Å². The van der Waals surface area contributed by atoms with Crippen molar-refractivity contribution in [2.24, 2.45) is 5.73 Å². The summed E-state index contributed by atoms with van der Waals surface area (Å²) >= 11 is 3.13. The lowest BCUT2D eigenvalue weighted by molar-refractivity contribution is -0.129. The first-order chi connectivity index (χ1) is 10.7. The van der Waals surface area contributed by atoms with E-state index in [0.29, 0.717) is 13.0 Å². The molecule has 3 radical (unpaired) electrons. The molecule has 23 heavy (non-hydrogen) atoms. The molecule has 0 aliphatic rings. The average molecular weight is 401 g/mol. The predicted octanol–water partition coefficient (Wildman–Crippen LogP) is -0.393. The summed E-state index contributed by atoms with van der Waals surface area (Å²) in [5, 5.41) is 14.1. The SMILES string of the molecule is C=CC(=O)N(C[Si])[C@H](CCn1nc(Br)c(C(N)=O)c1N)C(C)O. The molecule has 5 N–H and O–H groups in total. The van der Waals surface area contributed by atoms with E-state index in [1.807, 2.05) is 0 Å². The van der Waals surface area contributed by atoms with Crippen LogP contribution in [0.3, 0.4) is 0 Å². The molecule has 1 aromatic heterocycles. The van der Waals surface area contributed by atoms with Gasteiger partial charge < -0.3 is 21.5 Å². The number of amides is 2. The summed E-state index contributed by atoms with van der Waals surface area (Å²) in [6, 6.07) is -0.475. The zero-order chi connectivity index (χ0) is 17.7. The van der Waals surface area contributed by atoms with Crippen molar-refractivity contribution in [3.63, 3.8) is 0 Å². The minimum absolute atomic E-state index is 0.109. The molecule has 1 aromatic rings. The van der Waals surface area contributed by atoms with E-state index in [0.717, 1.165) is 0 Å². The van der Waals surface area contributed by atoms with Gasteiger partial charge in [-0.05, 0) is 35.4 Å². The smallest absolute Gasteiger partial charge is 0.255 e. The molecule has 0 aliphatic heterocycles. The summed E-state index contributed by atoms with van der Waals surface area (Å²) in [6.45, 7) is 5.33. The van der Waals surface area contributed by atoms with Gasteiger partial charge in [-0.1, -0.05) is 6.58 Å². The van der Waals surface area contributed by atoms with Crippen LogP contribution in [0.4, 0.5) is 5.82 Å². The molecule has 0 saturated heterocycles. The number of nitrogens with zero attached hydrogens (tertiary/aromatic N) is 3. The molecule has 1 unspecified atom stereocenters. The van der Waals surface area contributed by atoms with Gasteiger partial charge >= 0.3 is 0 Å². The molecular weight excluding hydrogens is 382 g/mol. The van der Waals surface area contributed by atoms with Crippen LogP contribution in [0.1, 0.15) is 23.7 Å². The Labute approximate surface area is 146 Å². The number of aliphatic hydroxyl groups excluding tert-OH is 1. The van der Waals surface area contributed by atoms with E-state index in [9.17, 15) is 14.7 Å². The third-order valence-electron chi connectivity index (χ3n) is 3.42. The summed E-state index contributed by atoms with van der Waals surface area (Å²) in [5.41, 5.74) is 11.2. The van der Waals surface area contributed by atoms with Crippen LogP contribution in [-0.4, -0.2) is 60.2 Å². The highest BCUT2D eigenvalue weighted by Crippen LogP contribution is 2.22. The molecule has 0 bridgehead atoms. The van der Waals surface area contributed by atoms with Gasteiger partial charge in [0.25, 0.3) is 5.91 Å². The molecule has 0 saturated carbocycles. The monoisotopic (exact) mass is 400 g/mol. The Balaban J connectivity index is 2.96. The topological polar surface area (TPSA) is 127 Å². The Kier molecular flexibility index (Phi) is 6.97. The zero-order valence-corrected chi connectivity index (χ0v) is 15.3. The number of aryl methyl sites for hydroxylation is 1. The standard InChI is InChI=1S/C13H19BrN5O3Si/c1-3-9(21)18(6-23)8(7(2)20)4-5-19-12(15)10(13(16)22)11(14)17-19/h3,7-8,20H,1,4-6,15H2,2H3,(H2,16,22)/t7?,8-/m1/s1. The number of halogens is 1. The van der Waals surface area contributed by atoms with Crippen LogP contribution in [0.25, 0.3) is 0 Å². The summed E-state index contributed by atoms with van der Waals surface area (Å²) in [5.74, 6) is -0.858. The maximum absolute atomic E-state index is 11.9. The molecule has 125 valence electrons. The largest absolute Gasteiger partial charge is 0.391 e. The third-order valence-corrected chi connectivity index (χ3v) is 4.31. The fourth-order valence-corrected chi connectivity index (χ4v) is 3.21. The van der Waals surface area contributed by atoms with Gasteiger partial charge in [-0.2, -0.15) is 5.10 Å². The second kappa shape index (κ2) is 8.27. The molecule has 0 aromatic carbocycles. The number of rotatable bonds is 8. The number of primary amides is 1. The van der Waals surface area contributed by atoms with Gasteiger partial charge in [0, 0.05) is 12.7 Å². The number of carbonyl (C=O) groups excluding carboxylic acids is 2. The van der Waals surface area contributed by atoms with Crippen molar-refractivity contribution < 1.29 is 14.7 Å². The number of hydrogen-bond donors (Lipinski definition) is 3. The summed E-state index contributed by atoms with van der Waals surface area (Å²) in [7, 11) is 3.28. The molecule has 1 rings (SSSR count). The summed E-state index contributed by atoms with van der Waals surface area (Å²) in [4.78, 5) is 24.6. The van der Waals surface area contributed by atoms with Crippen LogP contribution in [0.2, 0.25) is 0 Å². The van der Waals surface area contributed by atoms with Gasteiger partial charge in [0.2, 0.25) is 5.91 Å². The molecule has 0 aliphatic carbocycles. The third kappa shape index (κ3) is 4.42. The highest BCUT2D eigenvalue weighted by atomic mass is 79.9. The van der Waals surface area contributed by atoms with Crippen LogP contribution in [-0.2, 0) is 11.3 Å². The minimum atomic E-state index is -0.772. The Hall–Kier alpha value is -1.65. The number of nitrogens with two attached hydrogens (primary N) is 2. The first-order valence-electron chi connectivity index (χ1n) is 6.81. The van der Waals surface area contributed by atoms with Crippen molar-refractivity contribution in [1.82, 2.24) is 14.7 Å². The summed E-state index contributed by atoms with van der Waals surface area (Å²) < 4.78 is 1.67.